The third-order valence-electron chi connectivity index (χ3n) is 2.85. The Hall–Kier alpha value is -1.68. The molecule has 0 aliphatic carbocycles. The van der Waals surface area contributed by atoms with Gasteiger partial charge in [-0.25, -0.2) is 9.97 Å². The zero-order chi connectivity index (χ0) is 12.8. The van der Waals surface area contributed by atoms with Crippen LogP contribution in [0.3, 0.4) is 0 Å². The van der Waals surface area contributed by atoms with Gasteiger partial charge in [-0.3, -0.25) is 4.57 Å². The Bertz CT molecular complexity index is 655. The fraction of sp³-hybridized carbons (Fsp3) is 0.286. The summed E-state index contributed by atoms with van der Waals surface area (Å²) in [5, 5.41) is 0.971. The van der Waals surface area contributed by atoms with Gasteiger partial charge < -0.3 is 0 Å². The van der Waals surface area contributed by atoms with Crippen LogP contribution in [0.25, 0.3) is 15.3 Å². The fourth-order valence-electron chi connectivity index (χ4n) is 1.79. The molecule has 18 heavy (non-hydrogen) atoms. The predicted octanol–water partition coefficient (Wildman–Crippen LogP) is 3.78. The van der Waals surface area contributed by atoms with Gasteiger partial charge in [0.2, 0.25) is 0 Å². The standard InChI is InChI=1S/C14H15N3S/c1-14(2,3)12-8-17(9-15-12)13-16-10-6-4-5-7-11(10)18-13/h4-9H,1-3H3. The maximum absolute atomic E-state index is 4.62. The van der Waals surface area contributed by atoms with Crippen molar-refractivity contribution in [3.8, 4) is 5.13 Å². The lowest BCUT2D eigenvalue weighted by molar-refractivity contribution is 0.572. The van der Waals surface area contributed by atoms with E-state index >= 15 is 0 Å². The normalized spacial score (nSPS) is 12.2. The summed E-state index contributed by atoms with van der Waals surface area (Å²) in [5.41, 5.74) is 2.20. The zero-order valence-electron chi connectivity index (χ0n) is 10.7. The highest BCUT2D eigenvalue weighted by atomic mass is 32.1. The topological polar surface area (TPSA) is 30.7 Å². The molecule has 0 unspecified atom stereocenters. The molecule has 0 saturated heterocycles. The molecular weight excluding hydrogens is 242 g/mol. The third-order valence-corrected chi connectivity index (χ3v) is 3.90. The number of imidazole rings is 1. The Balaban J connectivity index is 2.06. The van der Waals surface area contributed by atoms with Gasteiger partial charge in [0.15, 0.2) is 5.13 Å². The number of rotatable bonds is 1. The highest BCUT2D eigenvalue weighted by molar-refractivity contribution is 7.20. The lowest BCUT2D eigenvalue weighted by Gasteiger charge is -2.13. The first-order valence-corrected chi connectivity index (χ1v) is 6.76. The summed E-state index contributed by atoms with van der Waals surface area (Å²) < 4.78 is 3.21. The summed E-state index contributed by atoms with van der Waals surface area (Å²) in [4.78, 5) is 9.08. The highest BCUT2D eigenvalue weighted by Gasteiger charge is 2.17. The van der Waals surface area contributed by atoms with E-state index < -0.39 is 0 Å². The van der Waals surface area contributed by atoms with Gasteiger partial charge >= 0.3 is 0 Å². The molecule has 0 radical (unpaired) electrons. The number of hydrogen-bond acceptors (Lipinski definition) is 3. The molecule has 92 valence electrons. The molecule has 4 heteroatoms. The number of hydrogen-bond donors (Lipinski definition) is 0. The molecule has 3 aromatic rings. The van der Waals surface area contributed by atoms with Crippen LogP contribution >= 0.6 is 11.3 Å². The van der Waals surface area contributed by atoms with E-state index in [2.05, 4.69) is 43.0 Å². The number of para-hydroxylation sites is 1. The quantitative estimate of drug-likeness (QED) is 0.664. The summed E-state index contributed by atoms with van der Waals surface area (Å²) in [5.74, 6) is 0. The monoisotopic (exact) mass is 257 g/mol. The number of aromatic nitrogens is 3. The van der Waals surface area contributed by atoms with Gasteiger partial charge in [0, 0.05) is 11.6 Å². The van der Waals surface area contributed by atoms with E-state index in [9.17, 15) is 0 Å². The van der Waals surface area contributed by atoms with Crippen LogP contribution in [0.5, 0.6) is 0 Å². The number of fused-ring (bicyclic) bond motifs is 1. The van der Waals surface area contributed by atoms with Crippen molar-refractivity contribution >= 4 is 21.6 Å². The van der Waals surface area contributed by atoms with Gasteiger partial charge in [-0.1, -0.05) is 44.2 Å². The van der Waals surface area contributed by atoms with Gasteiger partial charge in [0.25, 0.3) is 0 Å². The molecule has 0 aliphatic heterocycles. The van der Waals surface area contributed by atoms with Crippen molar-refractivity contribution in [2.24, 2.45) is 0 Å². The largest absolute Gasteiger partial charge is 0.281 e. The van der Waals surface area contributed by atoms with E-state index in [1.54, 1.807) is 11.3 Å². The van der Waals surface area contributed by atoms with Crippen LogP contribution in [0.1, 0.15) is 26.5 Å². The van der Waals surface area contributed by atoms with E-state index in [4.69, 9.17) is 0 Å². The van der Waals surface area contributed by atoms with Crippen molar-refractivity contribution in [2.45, 2.75) is 26.2 Å². The number of thiazole rings is 1. The molecule has 2 heterocycles. The molecule has 0 aliphatic rings. The Morgan fingerprint density at radius 1 is 1.17 bits per heavy atom. The van der Waals surface area contributed by atoms with Crippen LogP contribution in [0.15, 0.2) is 36.8 Å². The Kier molecular flexibility index (Phi) is 2.48. The summed E-state index contributed by atoms with van der Waals surface area (Å²) in [6, 6.07) is 8.19. The summed E-state index contributed by atoms with van der Waals surface area (Å²) >= 11 is 1.69. The van der Waals surface area contributed by atoms with E-state index in [0.29, 0.717) is 0 Å². The smallest absolute Gasteiger partial charge is 0.195 e. The molecule has 1 aromatic carbocycles. The number of nitrogens with zero attached hydrogens (tertiary/aromatic N) is 3. The van der Waals surface area contributed by atoms with Crippen molar-refractivity contribution in [1.82, 2.24) is 14.5 Å². The first kappa shape index (κ1) is 11.4. The van der Waals surface area contributed by atoms with Crippen LogP contribution in [-0.2, 0) is 5.41 Å². The van der Waals surface area contributed by atoms with Crippen molar-refractivity contribution < 1.29 is 0 Å². The lowest BCUT2D eigenvalue weighted by Crippen LogP contribution is -2.11. The van der Waals surface area contributed by atoms with E-state index in [-0.39, 0.29) is 5.41 Å². The predicted molar refractivity (Wildman–Crippen MR) is 75.4 cm³/mol. The molecule has 0 bridgehead atoms. The van der Waals surface area contributed by atoms with Gasteiger partial charge in [0.1, 0.15) is 6.33 Å². The van der Waals surface area contributed by atoms with Crippen LogP contribution in [0.4, 0.5) is 0 Å². The van der Waals surface area contributed by atoms with Crippen LogP contribution < -0.4 is 0 Å². The molecule has 0 atom stereocenters. The van der Waals surface area contributed by atoms with E-state index in [1.807, 2.05) is 29.1 Å². The van der Waals surface area contributed by atoms with Gasteiger partial charge in [-0.15, -0.1) is 0 Å². The Labute approximate surface area is 110 Å². The lowest BCUT2D eigenvalue weighted by atomic mass is 9.93. The molecular formula is C14H15N3S. The van der Waals surface area contributed by atoms with Crippen LogP contribution in [0.2, 0.25) is 0 Å². The minimum absolute atomic E-state index is 0.0714. The zero-order valence-corrected chi connectivity index (χ0v) is 11.5. The van der Waals surface area contributed by atoms with Crippen molar-refractivity contribution in [3.05, 3.63) is 42.5 Å². The summed E-state index contributed by atoms with van der Waals surface area (Å²) in [6.45, 7) is 6.49. The summed E-state index contributed by atoms with van der Waals surface area (Å²) in [7, 11) is 0. The molecule has 0 spiro atoms. The maximum Gasteiger partial charge on any atom is 0.195 e. The van der Waals surface area contributed by atoms with Crippen LogP contribution in [-0.4, -0.2) is 14.5 Å². The molecule has 2 aromatic heterocycles. The van der Waals surface area contributed by atoms with E-state index in [0.717, 1.165) is 16.3 Å². The van der Waals surface area contributed by atoms with Crippen molar-refractivity contribution in [2.75, 3.05) is 0 Å². The van der Waals surface area contributed by atoms with Gasteiger partial charge in [-0.2, -0.15) is 0 Å². The van der Waals surface area contributed by atoms with Gasteiger partial charge in [-0.05, 0) is 12.1 Å². The summed E-state index contributed by atoms with van der Waals surface area (Å²) in [6.07, 6.45) is 3.91. The first-order valence-electron chi connectivity index (χ1n) is 5.94. The molecule has 0 saturated carbocycles. The molecule has 0 fully saturated rings. The number of benzene rings is 1. The maximum atomic E-state index is 4.62. The third kappa shape index (κ3) is 1.93. The van der Waals surface area contributed by atoms with E-state index in [1.165, 1.54) is 4.70 Å². The average molecular weight is 257 g/mol. The van der Waals surface area contributed by atoms with Crippen molar-refractivity contribution in [3.63, 3.8) is 0 Å². The SMILES string of the molecule is CC(C)(C)c1cn(-c2nc3ccccc3s2)cn1. The second kappa shape index (κ2) is 3.92. The minimum Gasteiger partial charge on any atom is -0.281 e. The molecule has 3 nitrogen and oxygen atoms in total. The van der Waals surface area contributed by atoms with Crippen molar-refractivity contribution in [1.29, 1.82) is 0 Å². The Morgan fingerprint density at radius 3 is 2.61 bits per heavy atom. The molecule has 0 amide bonds. The first-order chi connectivity index (χ1) is 8.54. The second-order valence-corrected chi connectivity index (χ2v) is 6.39. The second-order valence-electron chi connectivity index (χ2n) is 5.38. The van der Waals surface area contributed by atoms with Crippen LogP contribution in [0, 0.1) is 0 Å². The highest BCUT2D eigenvalue weighted by Crippen LogP contribution is 2.26. The molecule has 3 rings (SSSR count). The minimum atomic E-state index is 0.0714. The average Bonchev–Trinajstić information content (AvgIpc) is 2.94. The van der Waals surface area contributed by atoms with Gasteiger partial charge in [0.05, 0.1) is 15.9 Å². The Morgan fingerprint density at radius 2 is 1.94 bits per heavy atom. The fourth-order valence-corrected chi connectivity index (χ4v) is 2.70. The molecule has 0 N–H and O–H groups in total.